The first kappa shape index (κ1) is 10.5. The Kier molecular flexibility index (Phi) is 3.92. The molecule has 0 unspecified atom stereocenters. The first-order valence-corrected chi connectivity index (χ1v) is 6.53. The lowest BCUT2D eigenvalue weighted by Crippen LogP contribution is -2.28. The molecule has 0 N–H and O–H groups in total. The van der Waals surface area contributed by atoms with Crippen LogP contribution >= 0.6 is 0 Å². The fourth-order valence-electron chi connectivity index (χ4n) is 3.42. The molecule has 0 amide bonds. The minimum absolute atomic E-state index is 0.616. The van der Waals surface area contributed by atoms with E-state index in [2.05, 4.69) is 6.92 Å². The first-order valence-electron chi connectivity index (χ1n) is 6.53. The number of rotatable bonds is 4. The maximum absolute atomic E-state index is 6.01. The monoisotopic (exact) mass is 194 g/mol. The van der Waals surface area contributed by atoms with Gasteiger partial charge >= 0.3 is 0 Å². The van der Waals surface area contributed by atoms with Gasteiger partial charge in [-0.1, -0.05) is 51.4 Å². The van der Waals surface area contributed by atoms with Gasteiger partial charge in [-0.15, -0.1) is 0 Å². The summed E-state index contributed by atoms with van der Waals surface area (Å²) in [6.07, 6.45) is 11.5. The van der Waals surface area contributed by atoms with E-state index in [1.54, 1.807) is 0 Å². The molecule has 14 heavy (non-hydrogen) atoms. The third-order valence-electron chi connectivity index (χ3n) is 4.09. The molecule has 0 aromatic heterocycles. The Morgan fingerprint density at radius 3 is 1.71 bits per heavy atom. The lowest BCUT2D eigenvalue weighted by molar-refractivity contribution is 0.322. The van der Waals surface area contributed by atoms with Gasteiger partial charge in [0, 0.05) is 6.61 Å². The van der Waals surface area contributed by atoms with Crippen molar-refractivity contribution in [2.45, 2.75) is 69.9 Å². The van der Waals surface area contributed by atoms with E-state index in [4.69, 9.17) is 4.65 Å². The molecular weight excluding hydrogens is 171 g/mol. The molecular formula is C12H23BO. The normalized spacial score (nSPS) is 24.6. The van der Waals surface area contributed by atoms with E-state index in [1.165, 1.54) is 51.4 Å². The molecule has 2 rings (SSSR count). The van der Waals surface area contributed by atoms with Crippen molar-refractivity contribution in [2.24, 2.45) is 0 Å². The van der Waals surface area contributed by atoms with Crippen LogP contribution in [0.2, 0.25) is 11.6 Å². The largest absolute Gasteiger partial charge is 0.436 e. The predicted molar refractivity (Wildman–Crippen MR) is 61.8 cm³/mol. The van der Waals surface area contributed by atoms with Gasteiger partial charge in [-0.3, -0.25) is 0 Å². The van der Waals surface area contributed by atoms with Crippen LogP contribution in [0.3, 0.4) is 0 Å². The summed E-state index contributed by atoms with van der Waals surface area (Å²) in [7, 11) is 0. The SMILES string of the molecule is CCOB(C1CCCC1)C1CCCC1. The summed E-state index contributed by atoms with van der Waals surface area (Å²) < 4.78 is 6.01. The third kappa shape index (κ3) is 2.33. The maximum atomic E-state index is 6.01. The Balaban J connectivity index is 1.91. The minimum Gasteiger partial charge on any atom is -0.436 e. The van der Waals surface area contributed by atoms with Crippen LogP contribution in [-0.2, 0) is 4.65 Å². The van der Waals surface area contributed by atoms with E-state index in [1.807, 2.05) is 0 Å². The van der Waals surface area contributed by atoms with Crippen LogP contribution in [0, 0.1) is 0 Å². The van der Waals surface area contributed by atoms with Crippen molar-refractivity contribution in [1.82, 2.24) is 0 Å². The van der Waals surface area contributed by atoms with Crippen molar-refractivity contribution in [2.75, 3.05) is 6.61 Å². The molecule has 0 aromatic rings. The van der Waals surface area contributed by atoms with Crippen molar-refractivity contribution in [3.8, 4) is 0 Å². The highest BCUT2D eigenvalue weighted by Crippen LogP contribution is 2.43. The second-order valence-corrected chi connectivity index (χ2v) is 5.01. The van der Waals surface area contributed by atoms with Crippen LogP contribution in [0.15, 0.2) is 0 Å². The van der Waals surface area contributed by atoms with Crippen LogP contribution in [0.4, 0.5) is 0 Å². The van der Waals surface area contributed by atoms with Crippen molar-refractivity contribution >= 4 is 6.92 Å². The van der Waals surface area contributed by atoms with Gasteiger partial charge in [-0.05, 0) is 18.6 Å². The standard InChI is InChI=1S/C12H23BO/c1-2-14-13(11-7-3-4-8-11)12-9-5-6-10-12/h11-12H,2-10H2,1H3. The molecule has 0 aliphatic heterocycles. The molecule has 2 aliphatic carbocycles. The van der Waals surface area contributed by atoms with Crippen LogP contribution < -0.4 is 0 Å². The summed E-state index contributed by atoms with van der Waals surface area (Å²) in [4.78, 5) is 0. The van der Waals surface area contributed by atoms with E-state index in [0.717, 1.165) is 18.2 Å². The summed E-state index contributed by atoms with van der Waals surface area (Å²) in [5.41, 5.74) is 0. The zero-order valence-electron chi connectivity index (χ0n) is 9.50. The highest BCUT2D eigenvalue weighted by atomic mass is 16.4. The molecule has 0 spiro atoms. The molecule has 2 saturated carbocycles. The average Bonchev–Trinajstić information content (AvgIpc) is 2.87. The van der Waals surface area contributed by atoms with Gasteiger partial charge in [0.2, 0.25) is 0 Å². The molecule has 80 valence electrons. The topological polar surface area (TPSA) is 9.23 Å². The quantitative estimate of drug-likeness (QED) is 0.616. The van der Waals surface area contributed by atoms with Gasteiger partial charge in [0.05, 0.1) is 0 Å². The van der Waals surface area contributed by atoms with E-state index < -0.39 is 0 Å². The molecule has 2 fully saturated rings. The fourth-order valence-corrected chi connectivity index (χ4v) is 3.42. The van der Waals surface area contributed by atoms with E-state index in [0.29, 0.717) is 6.92 Å². The molecule has 1 nitrogen and oxygen atoms in total. The molecule has 0 radical (unpaired) electrons. The summed E-state index contributed by atoms with van der Waals surface area (Å²) in [6, 6.07) is 0. The fraction of sp³-hybridized carbons (Fsp3) is 1.00. The summed E-state index contributed by atoms with van der Waals surface area (Å²) in [5, 5.41) is 0. The van der Waals surface area contributed by atoms with E-state index in [9.17, 15) is 0 Å². The van der Waals surface area contributed by atoms with Crippen LogP contribution in [0.25, 0.3) is 0 Å². The number of hydrogen-bond donors (Lipinski definition) is 0. The van der Waals surface area contributed by atoms with Crippen LogP contribution in [-0.4, -0.2) is 13.5 Å². The summed E-state index contributed by atoms with van der Waals surface area (Å²) in [5.74, 6) is 1.80. The molecule has 0 aromatic carbocycles. The highest BCUT2D eigenvalue weighted by molar-refractivity contribution is 6.55. The second-order valence-electron chi connectivity index (χ2n) is 5.01. The third-order valence-corrected chi connectivity index (χ3v) is 4.09. The zero-order chi connectivity index (χ0) is 9.80. The summed E-state index contributed by atoms with van der Waals surface area (Å²) in [6.45, 7) is 3.68. The van der Waals surface area contributed by atoms with Gasteiger partial charge in [-0.2, -0.15) is 0 Å². The Morgan fingerprint density at radius 2 is 1.36 bits per heavy atom. The van der Waals surface area contributed by atoms with E-state index >= 15 is 0 Å². The van der Waals surface area contributed by atoms with Gasteiger partial charge < -0.3 is 4.65 Å². The molecule has 0 heterocycles. The van der Waals surface area contributed by atoms with Crippen molar-refractivity contribution in [3.63, 3.8) is 0 Å². The second kappa shape index (κ2) is 5.20. The lowest BCUT2D eigenvalue weighted by Gasteiger charge is -2.24. The molecule has 0 bridgehead atoms. The highest BCUT2D eigenvalue weighted by Gasteiger charge is 2.37. The van der Waals surface area contributed by atoms with Crippen LogP contribution in [0.5, 0.6) is 0 Å². The van der Waals surface area contributed by atoms with Gasteiger partial charge in [0.15, 0.2) is 0 Å². The maximum Gasteiger partial charge on any atom is 0.299 e. The van der Waals surface area contributed by atoms with Crippen LogP contribution in [0.1, 0.15) is 58.3 Å². The first-order chi connectivity index (χ1) is 6.92. The lowest BCUT2D eigenvalue weighted by atomic mass is 9.46. The Hall–Kier alpha value is 0.0249. The molecule has 0 saturated heterocycles. The number of hydrogen-bond acceptors (Lipinski definition) is 1. The smallest absolute Gasteiger partial charge is 0.299 e. The summed E-state index contributed by atoms with van der Waals surface area (Å²) >= 11 is 0. The van der Waals surface area contributed by atoms with Gasteiger partial charge in [-0.25, -0.2) is 0 Å². The van der Waals surface area contributed by atoms with Crippen molar-refractivity contribution < 1.29 is 4.65 Å². The van der Waals surface area contributed by atoms with Gasteiger partial charge in [0.1, 0.15) is 0 Å². The Labute approximate surface area is 88.7 Å². The molecule has 2 aliphatic rings. The van der Waals surface area contributed by atoms with E-state index in [-0.39, 0.29) is 0 Å². The molecule has 0 atom stereocenters. The zero-order valence-corrected chi connectivity index (χ0v) is 9.50. The minimum atomic E-state index is 0.616. The van der Waals surface area contributed by atoms with Crippen molar-refractivity contribution in [1.29, 1.82) is 0 Å². The average molecular weight is 194 g/mol. The van der Waals surface area contributed by atoms with Crippen molar-refractivity contribution in [3.05, 3.63) is 0 Å². The Bertz CT molecular complexity index is 144. The Morgan fingerprint density at radius 1 is 0.929 bits per heavy atom. The predicted octanol–water partition coefficient (Wildman–Crippen LogP) is 3.90. The molecule has 2 heteroatoms. The van der Waals surface area contributed by atoms with Gasteiger partial charge in [0.25, 0.3) is 6.92 Å².